The van der Waals surface area contributed by atoms with Crippen molar-refractivity contribution in [2.45, 2.75) is 19.3 Å². The van der Waals surface area contributed by atoms with Crippen LogP contribution in [0.25, 0.3) is 0 Å². The van der Waals surface area contributed by atoms with Crippen molar-refractivity contribution in [1.82, 2.24) is 0 Å². The zero-order valence-corrected chi connectivity index (χ0v) is 12.8. The Hall–Kier alpha value is -2.69. The summed E-state index contributed by atoms with van der Waals surface area (Å²) in [7, 11) is 1.32. The smallest absolute Gasteiger partial charge is 0.337 e. The van der Waals surface area contributed by atoms with Crippen molar-refractivity contribution in [2.75, 3.05) is 12.4 Å². The monoisotopic (exact) mass is 315 g/mol. The van der Waals surface area contributed by atoms with E-state index in [1.165, 1.54) is 19.2 Å². The number of aryl methyl sites for hydroxylation is 1. The van der Waals surface area contributed by atoms with Gasteiger partial charge in [0.1, 0.15) is 5.82 Å². The number of nitrogens with one attached hydrogen (secondary N) is 1. The maximum absolute atomic E-state index is 12.8. The Kier molecular flexibility index (Phi) is 5.86. The van der Waals surface area contributed by atoms with E-state index in [0.717, 1.165) is 12.0 Å². The van der Waals surface area contributed by atoms with Gasteiger partial charge >= 0.3 is 5.97 Å². The lowest BCUT2D eigenvalue weighted by atomic mass is 10.1. The molecule has 0 aromatic heterocycles. The van der Waals surface area contributed by atoms with Crippen LogP contribution in [-0.4, -0.2) is 19.0 Å². The third kappa shape index (κ3) is 5.21. The van der Waals surface area contributed by atoms with Crippen LogP contribution in [0, 0.1) is 5.82 Å². The van der Waals surface area contributed by atoms with E-state index in [1.807, 2.05) is 0 Å². The van der Waals surface area contributed by atoms with E-state index in [0.29, 0.717) is 24.1 Å². The SMILES string of the molecule is COC(=O)c1ccc(NC(=O)CCCc2ccc(F)cc2)cc1. The Morgan fingerprint density at radius 1 is 1.04 bits per heavy atom. The van der Waals surface area contributed by atoms with Gasteiger partial charge in [-0.1, -0.05) is 12.1 Å². The van der Waals surface area contributed by atoms with Gasteiger partial charge in [0.15, 0.2) is 0 Å². The number of hydrogen-bond acceptors (Lipinski definition) is 3. The van der Waals surface area contributed by atoms with E-state index in [-0.39, 0.29) is 11.7 Å². The van der Waals surface area contributed by atoms with Gasteiger partial charge in [0.2, 0.25) is 5.91 Å². The summed E-state index contributed by atoms with van der Waals surface area (Å²) in [5.41, 5.74) is 2.06. The van der Waals surface area contributed by atoms with Crippen LogP contribution in [0.1, 0.15) is 28.8 Å². The van der Waals surface area contributed by atoms with Crippen molar-refractivity contribution in [3.8, 4) is 0 Å². The number of anilines is 1. The van der Waals surface area contributed by atoms with E-state index in [4.69, 9.17) is 0 Å². The molecule has 0 aliphatic heterocycles. The molecule has 1 amide bonds. The number of carbonyl (C=O) groups is 2. The number of rotatable bonds is 6. The molecule has 1 N–H and O–H groups in total. The molecular formula is C18H18FNO3. The maximum atomic E-state index is 12.8. The second-order valence-electron chi connectivity index (χ2n) is 5.10. The van der Waals surface area contributed by atoms with Crippen LogP contribution >= 0.6 is 0 Å². The first-order chi connectivity index (χ1) is 11.1. The number of halogens is 1. The summed E-state index contributed by atoms with van der Waals surface area (Å²) < 4.78 is 17.4. The third-order valence-corrected chi connectivity index (χ3v) is 3.37. The van der Waals surface area contributed by atoms with Crippen molar-refractivity contribution in [3.63, 3.8) is 0 Å². The maximum Gasteiger partial charge on any atom is 0.337 e. The van der Waals surface area contributed by atoms with E-state index in [2.05, 4.69) is 10.1 Å². The average molecular weight is 315 g/mol. The van der Waals surface area contributed by atoms with Crippen LogP contribution in [0.5, 0.6) is 0 Å². The number of methoxy groups -OCH3 is 1. The molecule has 23 heavy (non-hydrogen) atoms. The highest BCUT2D eigenvalue weighted by Crippen LogP contribution is 2.12. The lowest BCUT2D eigenvalue weighted by Crippen LogP contribution is -2.11. The number of carbonyl (C=O) groups excluding carboxylic acids is 2. The molecule has 0 saturated heterocycles. The summed E-state index contributed by atoms with van der Waals surface area (Å²) in [5.74, 6) is -0.776. The highest BCUT2D eigenvalue weighted by molar-refractivity contribution is 5.93. The lowest BCUT2D eigenvalue weighted by molar-refractivity contribution is -0.116. The average Bonchev–Trinajstić information content (AvgIpc) is 2.56. The summed E-state index contributed by atoms with van der Waals surface area (Å²) in [5, 5.41) is 2.77. The molecule has 0 atom stereocenters. The molecule has 4 nitrogen and oxygen atoms in total. The second-order valence-corrected chi connectivity index (χ2v) is 5.10. The summed E-state index contributed by atoms with van der Waals surface area (Å²) in [6.45, 7) is 0. The van der Waals surface area contributed by atoms with Crippen LogP contribution in [0.4, 0.5) is 10.1 Å². The van der Waals surface area contributed by atoms with Gasteiger partial charge in [-0.05, 0) is 54.8 Å². The highest BCUT2D eigenvalue weighted by Gasteiger charge is 2.06. The zero-order valence-electron chi connectivity index (χ0n) is 12.8. The third-order valence-electron chi connectivity index (χ3n) is 3.37. The summed E-state index contributed by atoms with van der Waals surface area (Å²) in [6, 6.07) is 12.8. The number of hydrogen-bond donors (Lipinski definition) is 1. The molecule has 2 aromatic rings. The molecule has 0 radical (unpaired) electrons. The van der Waals surface area contributed by atoms with Crippen LogP contribution in [0.15, 0.2) is 48.5 Å². The van der Waals surface area contributed by atoms with Gasteiger partial charge in [0, 0.05) is 12.1 Å². The van der Waals surface area contributed by atoms with Gasteiger partial charge in [0.05, 0.1) is 12.7 Å². The first-order valence-corrected chi connectivity index (χ1v) is 7.31. The summed E-state index contributed by atoms with van der Waals surface area (Å²) in [6.07, 6.45) is 1.77. The predicted octanol–water partition coefficient (Wildman–Crippen LogP) is 3.57. The van der Waals surface area contributed by atoms with Crippen molar-refractivity contribution in [3.05, 3.63) is 65.5 Å². The van der Waals surface area contributed by atoms with E-state index in [1.54, 1.807) is 36.4 Å². The van der Waals surface area contributed by atoms with Crippen LogP contribution in [-0.2, 0) is 16.0 Å². The van der Waals surface area contributed by atoms with Crippen molar-refractivity contribution < 1.29 is 18.7 Å². The Morgan fingerprint density at radius 3 is 2.30 bits per heavy atom. The topological polar surface area (TPSA) is 55.4 Å². The first-order valence-electron chi connectivity index (χ1n) is 7.31. The van der Waals surface area contributed by atoms with Crippen LogP contribution in [0.3, 0.4) is 0 Å². The van der Waals surface area contributed by atoms with Crippen molar-refractivity contribution >= 4 is 17.6 Å². The minimum absolute atomic E-state index is 0.0991. The molecular weight excluding hydrogens is 297 g/mol. The fraction of sp³-hybridized carbons (Fsp3) is 0.222. The highest BCUT2D eigenvalue weighted by atomic mass is 19.1. The fourth-order valence-corrected chi connectivity index (χ4v) is 2.14. The number of ether oxygens (including phenoxy) is 1. The Morgan fingerprint density at radius 2 is 1.70 bits per heavy atom. The molecule has 0 saturated carbocycles. The van der Waals surface area contributed by atoms with Crippen molar-refractivity contribution in [2.24, 2.45) is 0 Å². The van der Waals surface area contributed by atoms with E-state index >= 15 is 0 Å². The van der Waals surface area contributed by atoms with Crippen molar-refractivity contribution in [1.29, 1.82) is 0 Å². The second kappa shape index (κ2) is 8.08. The molecule has 2 rings (SSSR count). The minimum Gasteiger partial charge on any atom is -0.465 e. The van der Waals surface area contributed by atoms with Crippen LogP contribution in [0.2, 0.25) is 0 Å². The number of esters is 1. The largest absolute Gasteiger partial charge is 0.465 e. The minimum atomic E-state index is -0.415. The van der Waals surface area contributed by atoms with Gasteiger partial charge in [-0.25, -0.2) is 9.18 Å². The predicted molar refractivity (Wildman–Crippen MR) is 85.7 cm³/mol. The molecule has 0 aliphatic carbocycles. The molecule has 0 heterocycles. The van der Waals surface area contributed by atoms with E-state index < -0.39 is 5.97 Å². The normalized spacial score (nSPS) is 10.2. The molecule has 0 aliphatic rings. The van der Waals surface area contributed by atoms with Gasteiger partial charge in [-0.3, -0.25) is 4.79 Å². The summed E-state index contributed by atoms with van der Waals surface area (Å²) >= 11 is 0. The molecule has 120 valence electrons. The summed E-state index contributed by atoms with van der Waals surface area (Å²) in [4.78, 5) is 23.2. The molecule has 0 fully saturated rings. The molecule has 0 spiro atoms. The Bertz CT molecular complexity index is 666. The molecule has 0 bridgehead atoms. The number of benzene rings is 2. The van der Waals surface area contributed by atoms with Gasteiger partial charge in [0.25, 0.3) is 0 Å². The molecule has 5 heteroatoms. The number of amides is 1. The lowest BCUT2D eigenvalue weighted by Gasteiger charge is -2.06. The van der Waals surface area contributed by atoms with E-state index in [9.17, 15) is 14.0 Å². The molecule has 0 unspecified atom stereocenters. The van der Waals surface area contributed by atoms with Crippen LogP contribution < -0.4 is 5.32 Å². The quantitative estimate of drug-likeness (QED) is 0.829. The molecule has 2 aromatic carbocycles. The standard InChI is InChI=1S/C18H18FNO3/c1-23-18(22)14-7-11-16(12-8-14)20-17(21)4-2-3-13-5-9-15(19)10-6-13/h5-12H,2-4H2,1H3,(H,20,21). The Balaban J connectivity index is 1.78. The zero-order chi connectivity index (χ0) is 16.7. The van der Waals surface area contributed by atoms with Gasteiger partial charge < -0.3 is 10.1 Å². The van der Waals surface area contributed by atoms with Gasteiger partial charge in [-0.15, -0.1) is 0 Å². The van der Waals surface area contributed by atoms with Gasteiger partial charge in [-0.2, -0.15) is 0 Å². The Labute approximate surface area is 134 Å². The first kappa shape index (κ1) is 16.7. The fourth-order valence-electron chi connectivity index (χ4n) is 2.14.